The van der Waals surface area contributed by atoms with Crippen molar-refractivity contribution in [2.45, 2.75) is 20.3 Å². The van der Waals surface area contributed by atoms with Crippen LogP contribution in [0.3, 0.4) is 0 Å². The van der Waals surface area contributed by atoms with Crippen molar-refractivity contribution in [2.75, 3.05) is 12.0 Å². The predicted octanol–water partition coefficient (Wildman–Crippen LogP) is 4.34. The van der Waals surface area contributed by atoms with E-state index in [2.05, 4.69) is 22.4 Å². The van der Waals surface area contributed by atoms with Gasteiger partial charge >= 0.3 is 0 Å². The number of benzene rings is 1. The number of aromatic nitrogens is 1. The van der Waals surface area contributed by atoms with E-state index < -0.39 is 0 Å². The van der Waals surface area contributed by atoms with Crippen LogP contribution in [0.1, 0.15) is 24.6 Å². The lowest BCUT2D eigenvalue weighted by atomic mass is 10.2. The highest BCUT2D eigenvalue weighted by atomic mass is 35.5. The molecule has 1 aromatic carbocycles. The molecule has 1 heterocycles. The monoisotopic (exact) mass is 309 g/mol. The molecule has 0 aliphatic carbocycles. The van der Waals surface area contributed by atoms with Crippen LogP contribution in [0.15, 0.2) is 28.7 Å². The zero-order chi connectivity index (χ0) is 14.4. The Morgan fingerprint density at radius 1 is 1.50 bits per heavy atom. The molecule has 0 radical (unpaired) electrons. The van der Waals surface area contributed by atoms with Crippen LogP contribution in [0.2, 0.25) is 5.02 Å². The van der Waals surface area contributed by atoms with Crippen LogP contribution in [0.25, 0.3) is 0 Å². The molecule has 106 valence electrons. The topological polar surface area (TPSA) is 46.5 Å². The molecule has 1 N–H and O–H groups in total. The Labute approximate surface area is 127 Å². The summed E-state index contributed by atoms with van der Waals surface area (Å²) in [4.78, 5) is 4.25. The highest BCUT2D eigenvalue weighted by Gasteiger charge is 2.01. The van der Waals surface area contributed by atoms with Crippen LogP contribution in [-0.2, 0) is 0 Å². The maximum atomic E-state index is 6.15. The first-order valence-corrected chi connectivity index (χ1v) is 7.58. The van der Waals surface area contributed by atoms with Crippen molar-refractivity contribution in [3.8, 4) is 5.75 Å². The standard InChI is InChI=1S/C14H16ClN3OS/c1-3-6-19-13-5-4-11(7-12(13)15)8-16-18-14-17-10(2)9-20-14/h4-5,7-9H,3,6H2,1-2H3,(H,17,18)/b16-8-. The normalized spacial score (nSPS) is 10.9. The largest absolute Gasteiger partial charge is 0.492 e. The van der Waals surface area contributed by atoms with Gasteiger partial charge in [0.15, 0.2) is 0 Å². The molecule has 0 spiro atoms. The van der Waals surface area contributed by atoms with Crippen LogP contribution >= 0.6 is 22.9 Å². The average molecular weight is 310 g/mol. The third-order valence-electron chi connectivity index (χ3n) is 2.41. The zero-order valence-electron chi connectivity index (χ0n) is 11.4. The molecule has 1 aromatic heterocycles. The third kappa shape index (κ3) is 4.21. The Morgan fingerprint density at radius 2 is 2.35 bits per heavy atom. The highest BCUT2D eigenvalue weighted by molar-refractivity contribution is 7.13. The Bertz CT molecular complexity index is 598. The van der Waals surface area contributed by atoms with Gasteiger partial charge in [-0.3, -0.25) is 5.43 Å². The lowest BCUT2D eigenvalue weighted by Gasteiger charge is -2.06. The molecular formula is C14H16ClN3OS. The maximum Gasteiger partial charge on any atom is 0.203 e. The molecule has 2 rings (SSSR count). The van der Waals surface area contributed by atoms with Crippen LogP contribution in [0.5, 0.6) is 5.75 Å². The minimum absolute atomic E-state index is 0.590. The van der Waals surface area contributed by atoms with Gasteiger partial charge in [0.25, 0.3) is 0 Å². The lowest BCUT2D eigenvalue weighted by Crippen LogP contribution is -1.96. The van der Waals surface area contributed by atoms with Gasteiger partial charge in [-0.1, -0.05) is 18.5 Å². The molecule has 6 heteroatoms. The fourth-order valence-corrected chi connectivity index (χ4v) is 2.37. The van der Waals surface area contributed by atoms with E-state index in [9.17, 15) is 0 Å². The zero-order valence-corrected chi connectivity index (χ0v) is 13.0. The van der Waals surface area contributed by atoms with Crippen LogP contribution in [0, 0.1) is 6.92 Å². The van der Waals surface area contributed by atoms with Crippen molar-refractivity contribution in [3.63, 3.8) is 0 Å². The molecule has 0 amide bonds. The van der Waals surface area contributed by atoms with Gasteiger partial charge in [-0.2, -0.15) is 5.10 Å². The van der Waals surface area contributed by atoms with Gasteiger partial charge in [0.1, 0.15) is 5.75 Å². The molecule has 0 saturated heterocycles. The number of aryl methyl sites for hydroxylation is 1. The fraction of sp³-hybridized carbons (Fsp3) is 0.286. The minimum Gasteiger partial charge on any atom is -0.492 e. The van der Waals surface area contributed by atoms with Crippen molar-refractivity contribution in [1.29, 1.82) is 0 Å². The van der Waals surface area contributed by atoms with Crippen molar-refractivity contribution in [1.82, 2.24) is 4.98 Å². The van der Waals surface area contributed by atoms with Crippen LogP contribution in [0.4, 0.5) is 5.13 Å². The Hall–Kier alpha value is -1.59. The molecule has 0 atom stereocenters. The first-order valence-electron chi connectivity index (χ1n) is 6.32. The minimum atomic E-state index is 0.590. The number of hydrogen-bond donors (Lipinski definition) is 1. The molecule has 20 heavy (non-hydrogen) atoms. The van der Waals surface area contributed by atoms with Crippen molar-refractivity contribution in [3.05, 3.63) is 39.9 Å². The van der Waals surface area contributed by atoms with E-state index in [1.807, 2.05) is 30.5 Å². The first-order chi connectivity index (χ1) is 9.69. The van der Waals surface area contributed by atoms with Crippen LogP contribution < -0.4 is 10.2 Å². The van der Waals surface area contributed by atoms with Crippen molar-refractivity contribution >= 4 is 34.3 Å². The van der Waals surface area contributed by atoms with Gasteiger partial charge in [0.05, 0.1) is 23.5 Å². The number of hydrazone groups is 1. The second-order valence-corrected chi connectivity index (χ2v) is 5.47. The summed E-state index contributed by atoms with van der Waals surface area (Å²) < 4.78 is 5.52. The van der Waals surface area contributed by atoms with Gasteiger partial charge < -0.3 is 4.74 Å². The van der Waals surface area contributed by atoms with E-state index in [1.165, 1.54) is 11.3 Å². The van der Waals surface area contributed by atoms with Crippen molar-refractivity contribution < 1.29 is 4.74 Å². The SMILES string of the molecule is CCCOc1ccc(/C=N\Nc2nc(C)cs2)cc1Cl. The summed E-state index contributed by atoms with van der Waals surface area (Å²) in [6, 6.07) is 5.59. The van der Waals surface area contributed by atoms with Gasteiger partial charge in [0, 0.05) is 5.38 Å². The quantitative estimate of drug-likeness (QED) is 0.638. The maximum absolute atomic E-state index is 6.15. The fourth-order valence-electron chi connectivity index (χ4n) is 1.49. The number of anilines is 1. The van der Waals surface area contributed by atoms with E-state index in [4.69, 9.17) is 16.3 Å². The lowest BCUT2D eigenvalue weighted by molar-refractivity contribution is 0.317. The molecule has 0 saturated carbocycles. The second-order valence-electron chi connectivity index (χ2n) is 4.20. The average Bonchev–Trinajstić information content (AvgIpc) is 2.84. The molecule has 0 aliphatic heterocycles. The Balaban J connectivity index is 1.97. The Kier molecular flexibility index (Phi) is 5.38. The van der Waals surface area contributed by atoms with Gasteiger partial charge in [-0.05, 0) is 37.1 Å². The molecule has 0 bridgehead atoms. The summed E-state index contributed by atoms with van der Waals surface area (Å²) in [6.45, 7) is 4.67. The summed E-state index contributed by atoms with van der Waals surface area (Å²) in [6.07, 6.45) is 2.66. The van der Waals surface area contributed by atoms with Gasteiger partial charge in [-0.15, -0.1) is 11.3 Å². The molecule has 0 unspecified atom stereocenters. The van der Waals surface area contributed by atoms with Gasteiger partial charge in [-0.25, -0.2) is 4.98 Å². The summed E-state index contributed by atoms with van der Waals surface area (Å²) in [5, 5.41) is 7.46. The number of nitrogens with zero attached hydrogens (tertiary/aromatic N) is 2. The van der Waals surface area contributed by atoms with E-state index >= 15 is 0 Å². The highest BCUT2D eigenvalue weighted by Crippen LogP contribution is 2.25. The molecule has 4 nitrogen and oxygen atoms in total. The Morgan fingerprint density at radius 3 is 3.00 bits per heavy atom. The third-order valence-corrected chi connectivity index (χ3v) is 3.57. The number of halogens is 1. The number of thiazole rings is 1. The number of nitrogens with one attached hydrogen (secondary N) is 1. The molecule has 2 aromatic rings. The van der Waals surface area contributed by atoms with Gasteiger partial charge in [0.2, 0.25) is 5.13 Å². The summed E-state index contributed by atoms with van der Waals surface area (Å²) in [5.41, 5.74) is 4.77. The van der Waals surface area contributed by atoms with E-state index in [-0.39, 0.29) is 0 Å². The second kappa shape index (κ2) is 7.26. The first kappa shape index (κ1) is 14.8. The smallest absolute Gasteiger partial charge is 0.203 e. The molecular weight excluding hydrogens is 294 g/mol. The summed E-state index contributed by atoms with van der Waals surface area (Å²) in [5.74, 6) is 0.703. The van der Waals surface area contributed by atoms with E-state index in [1.54, 1.807) is 6.21 Å². The summed E-state index contributed by atoms with van der Waals surface area (Å²) >= 11 is 7.66. The number of ether oxygens (including phenoxy) is 1. The number of rotatable bonds is 6. The van der Waals surface area contributed by atoms with E-state index in [0.29, 0.717) is 17.4 Å². The number of hydrogen-bond acceptors (Lipinski definition) is 5. The molecule has 0 aliphatic rings. The van der Waals surface area contributed by atoms with Crippen molar-refractivity contribution in [2.24, 2.45) is 5.10 Å². The molecule has 0 fully saturated rings. The summed E-state index contributed by atoms with van der Waals surface area (Å²) in [7, 11) is 0. The predicted molar refractivity (Wildman–Crippen MR) is 85.3 cm³/mol. The van der Waals surface area contributed by atoms with E-state index in [0.717, 1.165) is 22.8 Å². The van der Waals surface area contributed by atoms with Crippen LogP contribution in [-0.4, -0.2) is 17.8 Å².